The minimum absolute atomic E-state index is 0.0177. The number of rotatable bonds is 4. The number of alkyl halides is 3. The van der Waals surface area contributed by atoms with Crippen LogP contribution in [0.15, 0.2) is 36.4 Å². The molecule has 2 N–H and O–H groups in total. The van der Waals surface area contributed by atoms with E-state index in [1.54, 1.807) is 32.9 Å². The van der Waals surface area contributed by atoms with Gasteiger partial charge in [0.05, 0.1) is 13.2 Å². The third-order valence-electron chi connectivity index (χ3n) is 6.63. The van der Waals surface area contributed by atoms with Crippen molar-refractivity contribution in [2.75, 3.05) is 26.3 Å². The van der Waals surface area contributed by atoms with Gasteiger partial charge < -0.3 is 28.4 Å². The fourth-order valence-electron chi connectivity index (χ4n) is 4.91. The van der Waals surface area contributed by atoms with Crippen LogP contribution < -0.4 is 19.6 Å². The maximum Gasteiger partial charge on any atom is 0.534 e. The fraction of sp³-hybridized carbons (Fsp3) is 0.444. The number of fused-ring (bicyclic) bond motifs is 4. The van der Waals surface area contributed by atoms with Crippen molar-refractivity contribution in [2.45, 2.75) is 50.1 Å². The van der Waals surface area contributed by atoms with E-state index in [2.05, 4.69) is 14.8 Å². The number of hydrogen-bond donors (Lipinski definition) is 2. The summed E-state index contributed by atoms with van der Waals surface area (Å²) in [5.41, 5.74) is -6.67. The number of halogens is 4. The predicted octanol–water partition coefficient (Wildman–Crippen LogP) is 4.68. The second kappa shape index (κ2) is 10.7. The first kappa shape index (κ1) is 30.1. The van der Waals surface area contributed by atoms with Crippen LogP contribution in [0.1, 0.15) is 43.9 Å². The summed E-state index contributed by atoms with van der Waals surface area (Å²) < 4.78 is 106. The molecule has 15 heteroatoms. The van der Waals surface area contributed by atoms with Crippen LogP contribution in [-0.4, -0.2) is 58.2 Å². The monoisotopic (exact) mass is 616 g/mol. The lowest BCUT2D eigenvalue weighted by Crippen LogP contribution is -2.59. The highest BCUT2D eigenvalue weighted by Crippen LogP contribution is 2.52. The van der Waals surface area contributed by atoms with E-state index in [0.717, 1.165) is 23.8 Å². The van der Waals surface area contributed by atoms with Crippen LogP contribution in [0.3, 0.4) is 0 Å². The molecule has 228 valence electrons. The molecule has 1 spiro atoms. The van der Waals surface area contributed by atoms with Gasteiger partial charge in [0.25, 0.3) is 0 Å². The lowest BCUT2D eigenvalue weighted by atomic mass is 9.80. The Labute approximate surface area is 239 Å². The summed E-state index contributed by atoms with van der Waals surface area (Å²) in [4.78, 5) is 12.6. The van der Waals surface area contributed by atoms with Crippen LogP contribution in [0.5, 0.6) is 17.2 Å². The van der Waals surface area contributed by atoms with Crippen molar-refractivity contribution in [3.8, 4) is 17.2 Å². The Balaban J connectivity index is 1.62. The van der Waals surface area contributed by atoms with Gasteiger partial charge in [-0.2, -0.15) is 21.6 Å². The molecule has 2 aromatic rings. The molecule has 1 saturated heterocycles. The molecule has 1 amide bonds. The molecular weight excluding hydrogens is 588 g/mol. The van der Waals surface area contributed by atoms with E-state index in [1.165, 1.54) is 6.07 Å². The van der Waals surface area contributed by atoms with E-state index in [1.807, 2.05) is 0 Å². The smallest absolute Gasteiger partial charge is 0.453 e. The molecule has 3 aliphatic heterocycles. The van der Waals surface area contributed by atoms with Gasteiger partial charge in [-0.15, -0.1) is 0 Å². The van der Waals surface area contributed by atoms with Crippen molar-refractivity contribution in [1.82, 2.24) is 10.6 Å². The SMILES string of the molecule is CC(C)(C)OC(=O)NC1CNCC2(O1)c1cc(OS(=O)(=O)C(F)(F)F)ccc1Oc1c(F)cc(C3=CCOCC3)cc12. The van der Waals surface area contributed by atoms with Gasteiger partial charge in [0.2, 0.25) is 0 Å². The lowest BCUT2D eigenvalue weighted by Gasteiger charge is -2.45. The zero-order valence-corrected chi connectivity index (χ0v) is 23.6. The second-order valence-corrected chi connectivity index (χ2v) is 12.4. The number of amides is 1. The number of nitrogens with one attached hydrogen (secondary N) is 2. The zero-order chi connectivity index (χ0) is 30.5. The summed E-state index contributed by atoms with van der Waals surface area (Å²) in [6.45, 7) is 5.80. The molecule has 2 atom stereocenters. The molecule has 0 aliphatic carbocycles. The summed E-state index contributed by atoms with van der Waals surface area (Å²) in [5, 5.41) is 5.70. The minimum atomic E-state index is -6.00. The Morgan fingerprint density at radius 2 is 1.90 bits per heavy atom. The quantitative estimate of drug-likeness (QED) is 0.287. The minimum Gasteiger partial charge on any atom is -0.453 e. The molecular formula is C27H28F4N2O8S. The highest BCUT2D eigenvalue weighted by atomic mass is 32.2. The third kappa shape index (κ3) is 5.91. The van der Waals surface area contributed by atoms with Crippen LogP contribution in [-0.2, 0) is 29.9 Å². The first-order valence-corrected chi connectivity index (χ1v) is 14.3. The van der Waals surface area contributed by atoms with Gasteiger partial charge in [0.15, 0.2) is 11.6 Å². The number of hydrogen-bond acceptors (Lipinski definition) is 9. The van der Waals surface area contributed by atoms with Gasteiger partial charge in [-0.05, 0) is 68.7 Å². The molecule has 5 rings (SSSR count). The third-order valence-corrected chi connectivity index (χ3v) is 7.60. The number of carbonyl (C=O) groups excluding carboxylic acids is 1. The molecule has 3 aliphatic rings. The Morgan fingerprint density at radius 3 is 2.57 bits per heavy atom. The molecule has 0 bridgehead atoms. The topological polar surface area (TPSA) is 121 Å². The molecule has 2 aromatic carbocycles. The van der Waals surface area contributed by atoms with Crippen LogP contribution in [0.2, 0.25) is 0 Å². The fourth-order valence-corrected chi connectivity index (χ4v) is 5.36. The van der Waals surface area contributed by atoms with E-state index in [0.29, 0.717) is 25.2 Å². The van der Waals surface area contributed by atoms with Gasteiger partial charge in [-0.25, -0.2) is 9.18 Å². The summed E-state index contributed by atoms with van der Waals surface area (Å²) in [6.07, 6.45) is 0.428. The number of morpholine rings is 1. The zero-order valence-electron chi connectivity index (χ0n) is 22.8. The van der Waals surface area contributed by atoms with Crippen molar-refractivity contribution in [3.63, 3.8) is 0 Å². The lowest BCUT2D eigenvalue weighted by molar-refractivity contribution is -0.112. The molecule has 10 nitrogen and oxygen atoms in total. The van der Waals surface area contributed by atoms with Crippen molar-refractivity contribution in [1.29, 1.82) is 0 Å². The highest BCUT2D eigenvalue weighted by Gasteiger charge is 2.51. The molecule has 2 unspecified atom stereocenters. The predicted molar refractivity (Wildman–Crippen MR) is 140 cm³/mol. The van der Waals surface area contributed by atoms with Crippen molar-refractivity contribution >= 4 is 21.8 Å². The number of alkyl carbamates (subject to hydrolysis) is 1. The average molecular weight is 617 g/mol. The van der Waals surface area contributed by atoms with Gasteiger partial charge in [0, 0.05) is 24.2 Å². The average Bonchev–Trinajstić information content (AvgIpc) is 2.88. The summed E-state index contributed by atoms with van der Waals surface area (Å²) in [7, 11) is -6.00. The van der Waals surface area contributed by atoms with Gasteiger partial charge in [-0.1, -0.05) is 6.08 Å². The van der Waals surface area contributed by atoms with Gasteiger partial charge >= 0.3 is 21.7 Å². The van der Waals surface area contributed by atoms with Crippen LogP contribution in [0, 0.1) is 5.82 Å². The summed E-state index contributed by atoms with van der Waals surface area (Å²) in [5.74, 6) is -1.62. The molecule has 1 fully saturated rings. The van der Waals surface area contributed by atoms with E-state index in [-0.39, 0.29) is 35.7 Å². The normalized spacial score (nSPS) is 22.4. The molecule has 42 heavy (non-hydrogen) atoms. The van der Waals surface area contributed by atoms with Gasteiger partial charge in [-0.3, -0.25) is 5.32 Å². The maximum absolute atomic E-state index is 15.7. The van der Waals surface area contributed by atoms with Crippen molar-refractivity contribution in [2.24, 2.45) is 0 Å². The van der Waals surface area contributed by atoms with E-state index in [4.69, 9.17) is 18.9 Å². The molecule has 0 saturated carbocycles. The number of ether oxygens (including phenoxy) is 4. The summed E-state index contributed by atoms with van der Waals surface area (Å²) in [6, 6.07) is 6.07. The van der Waals surface area contributed by atoms with Crippen LogP contribution in [0.4, 0.5) is 22.4 Å². The largest absolute Gasteiger partial charge is 0.534 e. The van der Waals surface area contributed by atoms with Crippen LogP contribution >= 0.6 is 0 Å². The Kier molecular flexibility index (Phi) is 7.66. The van der Waals surface area contributed by atoms with Crippen molar-refractivity contribution < 1.29 is 53.9 Å². The second-order valence-electron chi connectivity index (χ2n) is 10.8. The first-order valence-electron chi connectivity index (χ1n) is 12.9. The van der Waals surface area contributed by atoms with E-state index in [9.17, 15) is 26.4 Å². The summed E-state index contributed by atoms with van der Waals surface area (Å²) >= 11 is 0. The molecule has 0 aromatic heterocycles. The van der Waals surface area contributed by atoms with Gasteiger partial charge in [0.1, 0.15) is 28.9 Å². The Morgan fingerprint density at radius 1 is 1.14 bits per heavy atom. The van der Waals surface area contributed by atoms with Crippen molar-refractivity contribution in [3.05, 3.63) is 58.9 Å². The van der Waals surface area contributed by atoms with E-state index >= 15 is 4.39 Å². The highest BCUT2D eigenvalue weighted by molar-refractivity contribution is 7.88. The Bertz CT molecular complexity index is 1540. The number of carbonyl (C=O) groups is 1. The van der Waals surface area contributed by atoms with Crippen LogP contribution in [0.25, 0.3) is 5.57 Å². The molecule has 3 heterocycles. The first-order chi connectivity index (χ1) is 19.6. The maximum atomic E-state index is 15.7. The van der Waals surface area contributed by atoms with E-state index < -0.39 is 50.7 Å². The number of benzene rings is 2. The Hall–Kier alpha value is -3.40. The molecule has 0 radical (unpaired) electrons. The standard InChI is InChI=1S/C27H28F4N2O8S/c1-25(2,3)40-24(34)33-22-13-32-14-26(39-22)18-12-17(41-42(35,36)27(29,30)31)4-5-21(18)38-23-19(26)10-16(11-20(23)28)15-6-8-37-9-7-15/h4-6,10-12,22,32H,7-9,13-14H2,1-3H3,(H,33,34).